The van der Waals surface area contributed by atoms with Crippen LogP contribution in [0.15, 0.2) is 12.4 Å². The first kappa shape index (κ1) is 8.86. The molecule has 0 unspecified atom stereocenters. The molecule has 2 heterocycles. The number of hydrogen-bond acceptors (Lipinski definition) is 4. The van der Waals surface area contributed by atoms with Crippen LogP contribution in [0, 0.1) is 5.41 Å². The van der Waals surface area contributed by atoms with Crippen molar-refractivity contribution in [3.05, 3.63) is 12.4 Å². The molecule has 0 spiro atoms. The summed E-state index contributed by atoms with van der Waals surface area (Å²) in [6, 6.07) is 0. The topological polar surface area (TPSA) is 65.1 Å². The van der Waals surface area contributed by atoms with Gasteiger partial charge < -0.3 is 0 Å². The van der Waals surface area contributed by atoms with Crippen molar-refractivity contribution in [3.8, 4) is 0 Å². The van der Waals surface area contributed by atoms with Gasteiger partial charge in [0.1, 0.15) is 0 Å². The lowest BCUT2D eigenvalue weighted by Gasteiger charge is -2.16. The quantitative estimate of drug-likeness (QED) is 0.615. The van der Waals surface area contributed by atoms with E-state index in [0.717, 1.165) is 0 Å². The molecule has 6 nitrogen and oxygen atoms in total. The third-order valence-electron chi connectivity index (χ3n) is 1.91. The van der Waals surface area contributed by atoms with Crippen LogP contribution >= 0.6 is 0 Å². The molecular weight excluding hydrogens is 182 g/mol. The lowest BCUT2D eigenvalue weighted by Crippen LogP contribution is -2.26. The van der Waals surface area contributed by atoms with Crippen LogP contribution in [0.25, 0.3) is 5.78 Å². The summed E-state index contributed by atoms with van der Waals surface area (Å²) in [5, 5.41) is 10.9. The fraction of sp³-hybridized carbons (Fsp3) is 0.500. The number of hydrogen-bond donors (Lipinski definition) is 0. The number of tetrazole rings is 1. The number of carbonyl (C=O) groups is 1. The molecule has 2 aromatic rings. The predicted octanol–water partition coefficient (Wildman–Crippen LogP) is 0.612. The minimum absolute atomic E-state index is 0.0256. The normalized spacial score (nSPS) is 12.2. The lowest BCUT2D eigenvalue weighted by atomic mass is 9.96. The molecule has 0 N–H and O–H groups in total. The van der Waals surface area contributed by atoms with E-state index in [4.69, 9.17) is 0 Å². The van der Waals surface area contributed by atoms with Gasteiger partial charge in [0.2, 0.25) is 5.91 Å². The average Bonchev–Trinajstić information content (AvgIpc) is 2.59. The third kappa shape index (κ3) is 1.19. The molecule has 0 saturated heterocycles. The molecule has 2 aromatic heterocycles. The Hall–Kier alpha value is -1.72. The van der Waals surface area contributed by atoms with Gasteiger partial charge in [-0.2, -0.15) is 4.52 Å². The van der Waals surface area contributed by atoms with Crippen LogP contribution < -0.4 is 0 Å². The van der Waals surface area contributed by atoms with E-state index in [1.807, 2.05) is 20.8 Å². The number of fused-ring (bicyclic) bond motifs is 1. The monoisotopic (exact) mass is 193 g/mol. The van der Waals surface area contributed by atoms with E-state index in [2.05, 4.69) is 15.5 Å². The van der Waals surface area contributed by atoms with Gasteiger partial charge in [0.05, 0.1) is 6.20 Å². The Kier molecular flexibility index (Phi) is 1.67. The molecule has 2 rings (SSSR count). The summed E-state index contributed by atoms with van der Waals surface area (Å²) in [5.74, 6) is 0.423. The Morgan fingerprint density at radius 3 is 2.71 bits per heavy atom. The highest BCUT2D eigenvalue weighted by Crippen LogP contribution is 2.17. The van der Waals surface area contributed by atoms with Gasteiger partial charge in [-0.05, 0) is 10.4 Å². The van der Waals surface area contributed by atoms with E-state index in [-0.39, 0.29) is 5.91 Å². The first-order valence-electron chi connectivity index (χ1n) is 4.30. The molecule has 0 atom stereocenters. The van der Waals surface area contributed by atoms with Gasteiger partial charge in [0, 0.05) is 11.6 Å². The minimum Gasteiger partial charge on any atom is -0.273 e. The van der Waals surface area contributed by atoms with Crippen molar-refractivity contribution in [1.29, 1.82) is 0 Å². The maximum absolute atomic E-state index is 11.9. The van der Waals surface area contributed by atoms with E-state index in [9.17, 15) is 4.79 Å². The molecule has 0 saturated carbocycles. The van der Waals surface area contributed by atoms with Crippen molar-refractivity contribution >= 4 is 11.7 Å². The molecule has 0 bridgehead atoms. The number of nitrogens with zero attached hydrogens (tertiary/aromatic N) is 5. The molecule has 0 fully saturated rings. The van der Waals surface area contributed by atoms with Gasteiger partial charge in [0.25, 0.3) is 5.78 Å². The highest BCUT2D eigenvalue weighted by Gasteiger charge is 2.25. The van der Waals surface area contributed by atoms with Crippen molar-refractivity contribution in [1.82, 2.24) is 24.6 Å². The van der Waals surface area contributed by atoms with Crippen LogP contribution in [0.5, 0.6) is 0 Å². The zero-order valence-electron chi connectivity index (χ0n) is 8.30. The standard InChI is InChI=1S/C8H11N5O/c1-8(2,3)6(14)12-4-5-13-7(12)9-10-11-13/h4-5H,1-3H3. The summed E-state index contributed by atoms with van der Waals surface area (Å²) in [4.78, 5) is 11.9. The molecule has 0 aromatic carbocycles. The number of imidazole rings is 1. The van der Waals surface area contributed by atoms with Gasteiger partial charge in [-0.1, -0.05) is 25.9 Å². The van der Waals surface area contributed by atoms with Crippen molar-refractivity contribution < 1.29 is 4.79 Å². The van der Waals surface area contributed by atoms with Crippen LogP contribution in [-0.4, -0.2) is 30.5 Å². The Labute approximate surface area is 80.5 Å². The first-order valence-corrected chi connectivity index (χ1v) is 4.30. The van der Waals surface area contributed by atoms with Gasteiger partial charge in [-0.15, -0.1) is 0 Å². The van der Waals surface area contributed by atoms with Gasteiger partial charge >= 0.3 is 0 Å². The molecule has 74 valence electrons. The van der Waals surface area contributed by atoms with E-state index < -0.39 is 5.41 Å². The van der Waals surface area contributed by atoms with Crippen molar-refractivity contribution in [2.75, 3.05) is 0 Å². The zero-order valence-corrected chi connectivity index (χ0v) is 8.30. The molecule has 14 heavy (non-hydrogen) atoms. The van der Waals surface area contributed by atoms with Crippen LogP contribution in [0.4, 0.5) is 0 Å². The maximum Gasteiger partial charge on any atom is 0.260 e. The predicted molar refractivity (Wildman–Crippen MR) is 48.9 cm³/mol. The van der Waals surface area contributed by atoms with Crippen LogP contribution in [-0.2, 0) is 0 Å². The van der Waals surface area contributed by atoms with Crippen molar-refractivity contribution in [2.24, 2.45) is 5.41 Å². The SMILES string of the molecule is CC(C)(C)C(=O)n1ccn2nnnc12. The van der Waals surface area contributed by atoms with E-state index in [0.29, 0.717) is 5.78 Å². The summed E-state index contributed by atoms with van der Waals surface area (Å²) in [7, 11) is 0. The highest BCUT2D eigenvalue weighted by molar-refractivity contribution is 5.86. The maximum atomic E-state index is 11.9. The largest absolute Gasteiger partial charge is 0.273 e. The van der Waals surface area contributed by atoms with Crippen LogP contribution in [0.1, 0.15) is 25.6 Å². The smallest absolute Gasteiger partial charge is 0.260 e. The number of rotatable bonds is 0. The summed E-state index contributed by atoms with van der Waals surface area (Å²) < 4.78 is 2.92. The molecule has 0 aliphatic carbocycles. The average molecular weight is 193 g/mol. The van der Waals surface area contributed by atoms with Gasteiger partial charge in [0.15, 0.2) is 0 Å². The Morgan fingerprint density at radius 1 is 1.36 bits per heavy atom. The second-order valence-electron chi connectivity index (χ2n) is 4.15. The van der Waals surface area contributed by atoms with Crippen molar-refractivity contribution in [3.63, 3.8) is 0 Å². The molecule has 0 radical (unpaired) electrons. The summed E-state index contributed by atoms with van der Waals surface area (Å²) in [5.41, 5.74) is -0.439. The molecule has 0 aliphatic heterocycles. The molecular formula is C8H11N5O. The van der Waals surface area contributed by atoms with E-state index in [1.54, 1.807) is 12.4 Å². The molecule has 6 heteroatoms. The molecule has 0 aliphatic rings. The number of aromatic nitrogens is 5. The highest BCUT2D eigenvalue weighted by atomic mass is 16.2. The lowest BCUT2D eigenvalue weighted by molar-refractivity contribution is 0.0771. The van der Waals surface area contributed by atoms with E-state index in [1.165, 1.54) is 9.08 Å². The first-order chi connectivity index (χ1) is 6.50. The zero-order chi connectivity index (χ0) is 10.3. The minimum atomic E-state index is -0.439. The fourth-order valence-corrected chi connectivity index (χ4v) is 1.16. The third-order valence-corrected chi connectivity index (χ3v) is 1.91. The molecule has 0 amide bonds. The summed E-state index contributed by atoms with van der Waals surface area (Å²) in [6.07, 6.45) is 3.30. The number of carbonyl (C=O) groups excluding carboxylic acids is 1. The fourth-order valence-electron chi connectivity index (χ4n) is 1.16. The van der Waals surface area contributed by atoms with E-state index >= 15 is 0 Å². The second kappa shape index (κ2) is 2.63. The van der Waals surface area contributed by atoms with Gasteiger partial charge in [-0.25, -0.2) is 0 Å². The van der Waals surface area contributed by atoms with Crippen molar-refractivity contribution in [2.45, 2.75) is 20.8 Å². The van der Waals surface area contributed by atoms with Gasteiger partial charge in [-0.3, -0.25) is 9.36 Å². The second-order valence-corrected chi connectivity index (χ2v) is 4.15. The summed E-state index contributed by atoms with van der Waals surface area (Å²) >= 11 is 0. The Morgan fingerprint density at radius 2 is 2.07 bits per heavy atom. The van der Waals surface area contributed by atoms with Crippen LogP contribution in [0.3, 0.4) is 0 Å². The van der Waals surface area contributed by atoms with Crippen LogP contribution in [0.2, 0.25) is 0 Å². The Bertz CT molecular complexity index is 475. The Balaban J connectivity index is 2.54. The summed E-state index contributed by atoms with van der Waals surface area (Å²) in [6.45, 7) is 5.57.